The molecule has 1 aliphatic heterocycles. The molecule has 0 saturated carbocycles. The van der Waals surface area contributed by atoms with E-state index < -0.39 is 57.5 Å². The first-order chi connectivity index (χ1) is 17.2. The Hall–Kier alpha value is -2.87. The Balaban J connectivity index is 2.03. The topological polar surface area (TPSA) is 89.0 Å². The van der Waals surface area contributed by atoms with E-state index in [9.17, 15) is 36.6 Å². The number of aryl methyl sites for hydroxylation is 1. The monoisotopic (exact) mass is 549 g/mol. The van der Waals surface area contributed by atoms with Crippen LogP contribution in [0.3, 0.4) is 0 Å². The largest absolute Gasteiger partial charge is 0.416 e. The normalized spacial score (nSPS) is 15.8. The maximum Gasteiger partial charge on any atom is 0.416 e. The van der Waals surface area contributed by atoms with E-state index in [4.69, 9.17) is 11.6 Å². The van der Waals surface area contributed by atoms with Gasteiger partial charge in [-0.1, -0.05) is 11.6 Å². The van der Waals surface area contributed by atoms with E-state index in [0.717, 1.165) is 30.1 Å². The van der Waals surface area contributed by atoms with Crippen LogP contribution in [0.25, 0.3) is 0 Å². The number of β-amino-alcohol motifs (C(OH)–C–C–N with tert-alkyl or cyclic N) is 1. The summed E-state index contributed by atoms with van der Waals surface area (Å²) in [5.74, 6) is -3.66. The maximum atomic E-state index is 14.7. The van der Waals surface area contributed by atoms with Gasteiger partial charge in [-0.3, -0.25) is 14.5 Å². The summed E-state index contributed by atoms with van der Waals surface area (Å²) in [5, 5.41) is 12.5. The second-order valence-electron chi connectivity index (χ2n) is 9.00. The predicted octanol–water partition coefficient (Wildman–Crippen LogP) is 2.60. The summed E-state index contributed by atoms with van der Waals surface area (Å²) < 4.78 is 68.7. The van der Waals surface area contributed by atoms with Gasteiger partial charge in [-0.2, -0.15) is 13.2 Å². The van der Waals surface area contributed by atoms with Crippen LogP contribution in [-0.4, -0.2) is 79.2 Å². The zero-order valence-corrected chi connectivity index (χ0v) is 20.9. The molecular weight excluding hydrogens is 525 g/mol. The predicted molar refractivity (Wildman–Crippen MR) is 126 cm³/mol. The molecule has 1 aliphatic rings. The second-order valence-corrected chi connectivity index (χ2v) is 9.38. The van der Waals surface area contributed by atoms with Gasteiger partial charge in [0, 0.05) is 38.9 Å². The Morgan fingerprint density at radius 1 is 1.27 bits per heavy atom. The van der Waals surface area contributed by atoms with Gasteiger partial charge in [0.1, 0.15) is 28.3 Å². The molecule has 1 fully saturated rings. The molecule has 37 heavy (non-hydrogen) atoms. The Morgan fingerprint density at radius 3 is 2.46 bits per heavy atom. The Bertz CT molecular complexity index is 1180. The molecule has 8 nitrogen and oxygen atoms in total. The summed E-state index contributed by atoms with van der Waals surface area (Å²) in [6, 6.07) is 1.72. The van der Waals surface area contributed by atoms with Crippen molar-refractivity contribution in [2.75, 3.05) is 50.1 Å². The number of anilines is 2. The fourth-order valence-corrected chi connectivity index (χ4v) is 4.18. The van der Waals surface area contributed by atoms with E-state index in [2.05, 4.69) is 10.3 Å². The molecule has 1 saturated heterocycles. The van der Waals surface area contributed by atoms with Crippen LogP contribution in [0.2, 0.25) is 5.02 Å². The zero-order valence-electron chi connectivity index (χ0n) is 20.1. The molecule has 0 aliphatic carbocycles. The fraction of sp³-hybridized carbons (Fsp3) is 0.435. The van der Waals surface area contributed by atoms with Crippen LogP contribution in [0, 0.1) is 18.6 Å². The van der Waals surface area contributed by atoms with Crippen LogP contribution in [-0.2, 0) is 15.8 Å². The van der Waals surface area contributed by atoms with E-state index in [1.54, 1.807) is 7.05 Å². The van der Waals surface area contributed by atoms with Gasteiger partial charge in [0.15, 0.2) is 5.82 Å². The number of amides is 2. The number of rotatable bonds is 9. The molecule has 1 aromatic heterocycles. The van der Waals surface area contributed by atoms with E-state index in [1.807, 2.05) is 0 Å². The highest BCUT2D eigenvalue weighted by atomic mass is 35.5. The summed E-state index contributed by atoms with van der Waals surface area (Å²) in [6.45, 7) is 1.65. The summed E-state index contributed by atoms with van der Waals surface area (Å²) in [5.41, 5.74) is -2.66. The lowest BCUT2D eigenvalue weighted by Crippen LogP contribution is -2.65. The minimum absolute atomic E-state index is 0.0594. The standard InChI is InChI=1S/C23H25ClF5N5O3/c1-13-6-14(23(27,28)29)7-18(31-13)34(12-35)17(8-32(2)11-22(37)9-30-10-22)21(36)33(3)16-5-4-15(25)19(24)20(16)26/h4-7,12,17,30,37H,8-11H2,1-3H3. The number of alkyl halides is 3. The van der Waals surface area contributed by atoms with Crippen molar-refractivity contribution >= 4 is 35.4 Å². The lowest BCUT2D eigenvalue weighted by molar-refractivity contribution is -0.137. The summed E-state index contributed by atoms with van der Waals surface area (Å²) in [6.07, 6.45) is -4.60. The number of hydrogen-bond acceptors (Lipinski definition) is 6. The molecule has 1 atom stereocenters. The first-order valence-electron chi connectivity index (χ1n) is 11.0. The number of aliphatic hydroxyl groups is 1. The first-order valence-corrected chi connectivity index (χ1v) is 11.4. The molecule has 1 aromatic carbocycles. The molecule has 1 unspecified atom stereocenters. The van der Waals surface area contributed by atoms with Crippen molar-refractivity contribution < 1.29 is 36.6 Å². The number of halogens is 6. The number of likely N-dealkylation sites (N-methyl/N-ethyl adjacent to an activating group) is 2. The minimum atomic E-state index is -4.75. The van der Waals surface area contributed by atoms with Gasteiger partial charge < -0.3 is 20.2 Å². The SMILES string of the molecule is Cc1cc(C(F)(F)F)cc(N(C=O)C(CN(C)CC2(O)CNC2)C(=O)N(C)c2ccc(F)c(Cl)c2F)n1. The summed E-state index contributed by atoms with van der Waals surface area (Å²) >= 11 is 5.64. The molecule has 0 spiro atoms. The second kappa shape index (κ2) is 10.9. The molecule has 2 N–H and O–H groups in total. The van der Waals surface area contributed by atoms with Gasteiger partial charge >= 0.3 is 6.18 Å². The van der Waals surface area contributed by atoms with Crippen LogP contribution in [0.4, 0.5) is 33.5 Å². The Kier molecular flexibility index (Phi) is 8.42. The number of carbonyl (C=O) groups excluding carboxylic acids is 2. The maximum absolute atomic E-state index is 14.7. The van der Waals surface area contributed by atoms with Crippen molar-refractivity contribution in [1.29, 1.82) is 0 Å². The number of hydrogen-bond donors (Lipinski definition) is 2. The molecule has 2 amide bonds. The lowest BCUT2D eigenvalue weighted by Gasteiger charge is -2.41. The Labute approximate surface area is 214 Å². The van der Waals surface area contributed by atoms with Gasteiger partial charge in [-0.05, 0) is 38.2 Å². The van der Waals surface area contributed by atoms with Crippen molar-refractivity contribution in [2.45, 2.75) is 24.7 Å². The minimum Gasteiger partial charge on any atom is -0.386 e. The van der Waals surface area contributed by atoms with E-state index in [1.165, 1.54) is 11.8 Å². The molecule has 2 aromatic rings. The fourth-order valence-electron chi connectivity index (χ4n) is 4.02. The average Bonchev–Trinajstić information content (AvgIpc) is 2.79. The first kappa shape index (κ1) is 28.7. The quantitative estimate of drug-likeness (QED) is 0.284. The molecule has 3 rings (SSSR count). The summed E-state index contributed by atoms with van der Waals surface area (Å²) in [7, 11) is 2.69. The number of pyridine rings is 1. The summed E-state index contributed by atoms with van der Waals surface area (Å²) in [4.78, 5) is 32.8. The molecule has 202 valence electrons. The zero-order chi connectivity index (χ0) is 27.7. The van der Waals surface area contributed by atoms with Gasteiger partial charge in [0.05, 0.1) is 11.3 Å². The van der Waals surface area contributed by atoms with Gasteiger partial charge in [-0.15, -0.1) is 0 Å². The smallest absolute Gasteiger partial charge is 0.386 e. The molecule has 14 heteroatoms. The number of aromatic nitrogens is 1. The number of nitrogens with zero attached hydrogens (tertiary/aromatic N) is 4. The van der Waals surface area contributed by atoms with Crippen molar-refractivity contribution in [2.24, 2.45) is 0 Å². The molecule has 0 radical (unpaired) electrons. The van der Waals surface area contributed by atoms with Crippen LogP contribution in [0.15, 0.2) is 24.3 Å². The highest BCUT2D eigenvalue weighted by Crippen LogP contribution is 2.33. The third kappa shape index (κ3) is 6.35. The lowest BCUT2D eigenvalue weighted by atomic mass is 9.96. The third-order valence-electron chi connectivity index (χ3n) is 5.93. The van der Waals surface area contributed by atoms with Gasteiger partial charge in [0.25, 0.3) is 5.91 Å². The van der Waals surface area contributed by atoms with Crippen LogP contribution < -0.4 is 15.1 Å². The molecule has 0 bridgehead atoms. The number of benzene rings is 1. The average molecular weight is 550 g/mol. The third-order valence-corrected chi connectivity index (χ3v) is 6.28. The Morgan fingerprint density at radius 2 is 1.92 bits per heavy atom. The van der Waals surface area contributed by atoms with E-state index in [-0.39, 0.29) is 38.3 Å². The molecular formula is C23H25ClF5N5O3. The highest BCUT2D eigenvalue weighted by molar-refractivity contribution is 6.31. The van der Waals surface area contributed by atoms with Crippen LogP contribution >= 0.6 is 11.6 Å². The van der Waals surface area contributed by atoms with Crippen molar-refractivity contribution in [3.05, 3.63) is 52.2 Å². The highest BCUT2D eigenvalue weighted by Gasteiger charge is 2.39. The number of carbonyl (C=O) groups is 2. The van der Waals surface area contributed by atoms with Crippen LogP contribution in [0.1, 0.15) is 11.3 Å². The van der Waals surface area contributed by atoms with Crippen molar-refractivity contribution in [3.63, 3.8) is 0 Å². The van der Waals surface area contributed by atoms with E-state index >= 15 is 0 Å². The number of nitrogens with one attached hydrogen (secondary N) is 1. The van der Waals surface area contributed by atoms with Gasteiger partial charge in [0.2, 0.25) is 6.41 Å². The van der Waals surface area contributed by atoms with E-state index in [0.29, 0.717) is 11.0 Å². The van der Waals surface area contributed by atoms with Crippen LogP contribution in [0.5, 0.6) is 0 Å². The van der Waals surface area contributed by atoms with Crippen molar-refractivity contribution in [3.8, 4) is 0 Å². The van der Waals surface area contributed by atoms with Crippen molar-refractivity contribution in [1.82, 2.24) is 15.2 Å². The molecule has 2 heterocycles. The van der Waals surface area contributed by atoms with Gasteiger partial charge in [-0.25, -0.2) is 13.8 Å².